The van der Waals surface area contributed by atoms with Gasteiger partial charge < -0.3 is 31.9 Å². The largest absolute Gasteiger partial charge is 0.397 e. The fourth-order valence-electron chi connectivity index (χ4n) is 3.76. The molecule has 1 aliphatic rings. The minimum Gasteiger partial charge on any atom is -0.397 e. The number of halogens is 2. The van der Waals surface area contributed by atoms with Crippen molar-refractivity contribution >= 4 is 17.1 Å². The van der Waals surface area contributed by atoms with E-state index in [0.717, 1.165) is 17.8 Å². The Balaban J connectivity index is 1.62. The van der Waals surface area contributed by atoms with Gasteiger partial charge in [-0.25, -0.2) is 13.8 Å². The van der Waals surface area contributed by atoms with Crippen LogP contribution in [0.25, 0.3) is 11.3 Å². The van der Waals surface area contributed by atoms with Crippen molar-refractivity contribution in [3.05, 3.63) is 66.1 Å². The molecule has 0 saturated carbocycles. The van der Waals surface area contributed by atoms with Crippen LogP contribution in [0.2, 0.25) is 0 Å². The van der Waals surface area contributed by atoms with Gasteiger partial charge in [0, 0.05) is 25.3 Å². The summed E-state index contributed by atoms with van der Waals surface area (Å²) in [6, 6.07) is 7.71. The Labute approximate surface area is 183 Å². The molecule has 0 aliphatic carbocycles. The van der Waals surface area contributed by atoms with Crippen LogP contribution in [0.3, 0.4) is 0 Å². The van der Waals surface area contributed by atoms with E-state index in [4.69, 9.17) is 11.5 Å². The molecule has 1 saturated heterocycles. The molecular formula is C22H24F2N6O2. The number of aliphatic hydroxyl groups is 2. The minimum atomic E-state index is -1.38. The van der Waals surface area contributed by atoms with E-state index in [1.165, 1.54) is 24.4 Å². The van der Waals surface area contributed by atoms with E-state index < -0.39 is 30.0 Å². The molecule has 1 aliphatic heterocycles. The van der Waals surface area contributed by atoms with Crippen LogP contribution in [0.1, 0.15) is 18.3 Å². The molecule has 3 heterocycles. The fourth-order valence-corrected chi connectivity index (χ4v) is 3.76. The van der Waals surface area contributed by atoms with Crippen molar-refractivity contribution in [3.63, 3.8) is 0 Å². The van der Waals surface area contributed by atoms with Gasteiger partial charge in [-0.3, -0.25) is 4.98 Å². The average Bonchev–Trinajstić information content (AvgIpc) is 2.77. The number of hydrogen-bond acceptors (Lipinski definition) is 8. The summed E-state index contributed by atoms with van der Waals surface area (Å²) in [5.41, 5.74) is 13.1. The highest BCUT2D eigenvalue weighted by Crippen LogP contribution is 2.32. The zero-order valence-electron chi connectivity index (χ0n) is 17.1. The first kappa shape index (κ1) is 21.9. The van der Waals surface area contributed by atoms with Gasteiger partial charge in [-0.2, -0.15) is 0 Å². The number of hydrogen-bond donors (Lipinski definition) is 5. The van der Waals surface area contributed by atoms with Crippen molar-refractivity contribution in [1.82, 2.24) is 9.97 Å². The van der Waals surface area contributed by atoms with Crippen LogP contribution in [0.4, 0.5) is 25.8 Å². The molecule has 8 nitrogen and oxygen atoms in total. The van der Waals surface area contributed by atoms with Crippen LogP contribution < -0.4 is 21.7 Å². The molecule has 3 atom stereocenters. The van der Waals surface area contributed by atoms with Crippen LogP contribution in [0, 0.1) is 11.6 Å². The Morgan fingerprint density at radius 1 is 1.16 bits per heavy atom. The van der Waals surface area contributed by atoms with E-state index >= 15 is 0 Å². The molecule has 4 rings (SSSR count). The number of nitrogens with zero attached hydrogens (tertiary/aromatic N) is 3. The van der Waals surface area contributed by atoms with Gasteiger partial charge >= 0.3 is 0 Å². The second-order valence-electron chi connectivity index (χ2n) is 7.67. The van der Waals surface area contributed by atoms with Crippen molar-refractivity contribution in [2.75, 3.05) is 29.0 Å². The molecule has 3 aromatic rings. The van der Waals surface area contributed by atoms with Crippen LogP contribution in [-0.4, -0.2) is 45.4 Å². The maximum absolute atomic E-state index is 14.2. The minimum absolute atomic E-state index is 0.00746. The number of benzene rings is 1. The summed E-state index contributed by atoms with van der Waals surface area (Å²) in [7, 11) is 0. The van der Waals surface area contributed by atoms with Gasteiger partial charge in [-0.15, -0.1) is 0 Å². The van der Waals surface area contributed by atoms with Gasteiger partial charge in [0.1, 0.15) is 17.3 Å². The van der Waals surface area contributed by atoms with E-state index in [1.54, 1.807) is 12.3 Å². The summed E-state index contributed by atoms with van der Waals surface area (Å²) in [5, 5.41) is 23.6. The van der Waals surface area contributed by atoms with E-state index in [9.17, 15) is 19.0 Å². The second-order valence-corrected chi connectivity index (χ2v) is 7.67. The van der Waals surface area contributed by atoms with Gasteiger partial charge in [0.2, 0.25) is 0 Å². The van der Waals surface area contributed by atoms with E-state index in [-0.39, 0.29) is 22.6 Å². The van der Waals surface area contributed by atoms with Crippen molar-refractivity contribution in [3.8, 4) is 11.3 Å². The van der Waals surface area contributed by atoms with Gasteiger partial charge in [0.15, 0.2) is 6.23 Å². The van der Waals surface area contributed by atoms with Crippen LogP contribution in [-0.2, 0) is 0 Å². The lowest BCUT2D eigenvalue weighted by atomic mass is 10.0. The molecule has 1 aromatic carbocycles. The zero-order valence-corrected chi connectivity index (χ0v) is 17.1. The van der Waals surface area contributed by atoms with Gasteiger partial charge in [-0.05, 0) is 36.8 Å². The molecule has 7 N–H and O–H groups in total. The maximum atomic E-state index is 14.2. The summed E-state index contributed by atoms with van der Waals surface area (Å²) in [6.07, 6.45) is 1.71. The Bertz CT molecular complexity index is 1100. The summed E-state index contributed by atoms with van der Waals surface area (Å²) >= 11 is 0. The summed E-state index contributed by atoms with van der Waals surface area (Å²) in [5.74, 6) is -1.54. The Kier molecular flexibility index (Phi) is 6.17. The van der Waals surface area contributed by atoms with Gasteiger partial charge in [0.05, 0.1) is 40.6 Å². The molecule has 1 fully saturated rings. The highest BCUT2D eigenvalue weighted by atomic mass is 19.1. The number of nitrogens with one attached hydrogen (secondary N) is 1. The highest BCUT2D eigenvalue weighted by Gasteiger charge is 2.27. The molecule has 0 spiro atoms. The maximum Gasteiger partial charge on any atom is 0.170 e. The molecular weight excluding hydrogens is 418 g/mol. The lowest BCUT2D eigenvalue weighted by Gasteiger charge is -2.36. The molecule has 1 unspecified atom stereocenters. The normalized spacial score (nSPS) is 19.6. The monoisotopic (exact) mass is 442 g/mol. The van der Waals surface area contributed by atoms with Crippen molar-refractivity contribution in [1.29, 1.82) is 0 Å². The number of nitrogens with two attached hydrogens (primary N) is 2. The molecule has 168 valence electrons. The first-order chi connectivity index (χ1) is 15.3. The number of pyridine rings is 2. The standard InChI is InChI=1S/C22H24F2N6O2/c23-12-2-1-3-13(24)20(12)16-5-4-14(25)21(28-16)22(32)29-17-10-27-8-6-18(17)30-9-7-19(31)15(26)11-30/h1-6,8,10,15,19,22,29,31-32H,7,9,11,25-26H2/t15-,19+,22?/m1/s1. The van der Waals surface area contributed by atoms with E-state index in [0.29, 0.717) is 25.2 Å². The third kappa shape index (κ3) is 4.33. The smallest absolute Gasteiger partial charge is 0.170 e. The second kappa shape index (κ2) is 9.03. The Morgan fingerprint density at radius 3 is 2.62 bits per heavy atom. The number of aliphatic hydroxyl groups excluding tert-OH is 2. The SMILES string of the molecule is Nc1ccc(-c2c(F)cccc2F)nc1C(O)Nc1cnccc1N1CC[C@H](O)[C@H](N)C1. The van der Waals surface area contributed by atoms with Crippen LogP contribution in [0.5, 0.6) is 0 Å². The van der Waals surface area contributed by atoms with E-state index in [2.05, 4.69) is 15.3 Å². The molecule has 0 bridgehead atoms. The Morgan fingerprint density at radius 2 is 1.91 bits per heavy atom. The van der Waals surface area contributed by atoms with E-state index in [1.807, 2.05) is 4.90 Å². The third-order valence-electron chi connectivity index (χ3n) is 5.49. The molecule has 0 amide bonds. The van der Waals surface area contributed by atoms with Crippen LogP contribution >= 0.6 is 0 Å². The molecule has 2 aromatic heterocycles. The third-order valence-corrected chi connectivity index (χ3v) is 5.49. The number of anilines is 3. The fraction of sp³-hybridized carbons (Fsp3) is 0.273. The predicted octanol–water partition coefficient (Wildman–Crippen LogP) is 2.01. The summed E-state index contributed by atoms with van der Waals surface area (Å²) < 4.78 is 28.4. The molecule has 0 radical (unpaired) electrons. The van der Waals surface area contributed by atoms with Crippen molar-refractivity contribution in [2.45, 2.75) is 24.8 Å². The number of rotatable bonds is 5. The first-order valence-corrected chi connectivity index (χ1v) is 10.1. The number of aromatic nitrogens is 2. The molecule has 32 heavy (non-hydrogen) atoms. The van der Waals surface area contributed by atoms with Gasteiger partial charge in [0.25, 0.3) is 0 Å². The van der Waals surface area contributed by atoms with Crippen molar-refractivity contribution in [2.24, 2.45) is 5.73 Å². The first-order valence-electron chi connectivity index (χ1n) is 10.1. The van der Waals surface area contributed by atoms with Crippen molar-refractivity contribution < 1.29 is 19.0 Å². The van der Waals surface area contributed by atoms with Gasteiger partial charge in [-0.1, -0.05) is 6.07 Å². The lowest BCUT2D eigenvalue weighted by molar-refractivity contribution is 0.124. The lowest BCUT2D eigenvalue weighted by Crippen LogP contribution is -2.51. The summed E-state index contributed by atoms with van der Waals surface area (Å²) in [6.45, 7) is 1.00. The summed E-state index contributed by atoms with van der Waals surface area (Å²) in [4.78, 5) is 10.3. The predicted molar refractivity (Wildman–Crippen MR) is 118 cm³/mol. The molecule has 10 heteroatoms. The topological polar surface area (TPSA) is 134 Å². The average molecular weight is 442 g/mol. The number of piperidine rings is 1. The number of nitrogen functional groups attached to an aromatic ring is 1. The van der Waals surface area contributed by atoms with Crippen LogP contribution in [0.15, 0.2) is 48.8 Å². The quantitative estimate of drug-likeness (QED) is 0.379. The Hall–Kier alpha value is -3.34. The zero-order chi connectivity index (χ0) is 22.8. The highest BCUT2D eigenvalue weighted by molar-refractivity contribution is 5.70.